The van der Waals surface area contributed by atoms with Gasteiger partial charge in [0.2, 0.25) is 5.60 Å². The van der Waals surface area contributed by atoms with Crippen molar-refractivity contribution in [1.29, 1.82) is 0 Å². The molecule has 1 fully saturated rings. The number of nitrogens with one attached hydrogen (secondary N) is 2. The van der Waals surface area contributed by atoms with E-state index in [9.17, 15) is 23.4 Å². The molecule has 2 aliphatic rings. The van der Waals surface area contributed by atoms with Crippen LogP contribution in [0.5, 0.6) is 0 Å². The number of carbonyl (C=O) groups excluding carboxylic acids is 4. The predicted octanol–water partition coefficient (Wildman–Crippen LogP) is 8.77. The first kappa shape index (κ1) is 50.5. The number of carbonyl (C=O) groups is 4. The van der Waals surface area contributed by atoms with E-state index in [0.717, 1.165) is 11.3 Å². The zero-order valence-electron chi connectivity index (χ0n) is 39.8. The van der Waals surface area contributed by atoms with Crippen molar-refractivity contribution < 1.29 is 37.7 Å². The highest BCUT2D eigenvalue weighted by Crippen LogP contribution is 2.43. The molecule has 0 spiro atoms. The fourth-order valence-electron chi connectivity index (χ4n) is 8.18. The molecule has 2 aliphatic heterocycles. The van der Waals surface area contributed by atoms with Gasteiger partial charge in [0.05, 0.1) is 21.6 Å². The van der Waals surface area contributed by atoms with Crippen molar-refractivity contribution in [2.24, 2.45) is 12.2 Å². The molecule has 20 heteroatoms. The summed E-state index contributed by atoms with van der Waals surface area (Å²) in [5.41, 5.74) is 0.734. The zero-order chi connectivity index (χ0) is 51.1. The van der Waals surface area contributed by atoms with Crippen molar-refractivity contribution in [2.45, 2.75) is 54.6 Å². The molecule has 1 saturated heterocycles. The molecule has 0 radical (unpaired) electrons. The second kappa shape index (κ2) is 22.2. The predicted molar refractivity (Wildman–Crippen MR) is 282 cm³/mol. The van der Waals surface area contributed by atoms with Gasteiger partial charge in [0.1, 0.15) is 34.7 Å². The largest absolute Gasteiger partial charge is 0.448 e. The fraction of sp³-hybridized carbons (Fsp3) is 0.208. The lowest BCUT2D eigenvalue weighted by atomic mass is 9.80. The number of oxime groups is 1. The van der Waals surface area contributed by atoms with Crippen LogP contribution in [0.1, 0.15) is 60.4 Å². The average Bonchev–Trinajstić information content (AvgIpc) is 4.04. The van der Waals surface area contributed by atoms with E-state index < -0.39 is 63.4 Å². The topological polar surface area (TPSA) is 196 Å². The van der Waals surface area contributed by atoms with Gasteiger partial charge in [-0.05, 0) is 31.9 Å². The van der Waals surface area contributed by atoms with Crippen LogP contribution in [-0.4, -0.2) is 86.3 Å². The SMILES string of the molecule is Cn1cnnc1SCSC1=C(C(=O)OC(c2ccccc2)c2ccccc2)N2C(=O)C(NC(=O)/C(=N\OC(c3ccccc3)(c3ccccc3)c3ccccc3)c3csc(NC(=O)OC(C)(C)C)n3)[C@@H]2S(=O)C1. The van der Waals surface area contributed by atoms with Gasteiger partial charge in [-0.15, -0.1) is 33.3 Å². The number of rotatable bonds is 17. The van der Waals surface area contributed by atoms with Crippen LogP contribution >= 0.6 is 34.9 Å². The molecule has 0 aliphatic carbocycles. The normalized spacial score (nSPS) is 16.8. The molecule has 3 amide bonds. The van der Waals surface area contributed by atoms with E-state index in [-0.39, 0.29) is 28.0 Å². The van der Waals surface area contributed by atoms with E-state index in [1.165, 1.54) is 33.8 Å². The zero-order valence-corrected chi connectivity index (χ0v) is 43.1. The number of esters is 1. The van der Waals surface area contributed by atoms with Gasteiger partial charge in [-0.25, -0.2) is 14.6 Å². The minimum absolute atomic E-state index is 0.0128. The van der Waals surface area contributed by atoms with Crippen molar-refractivity contribution in [3.8, 4) is 0 Å². The maximum atomic E-state index is 15.0. The Morgan fingerprint density at radius 3 is 1.89 bits per heavy atom. The summed E-state index contributed by atoms with van der Waals surface area (Å²) < 4.78 is 28.0. The Labute approximate surface area is 436 Å². The van der Waals surface area contributed by atoms with E-state index >= 15 is 0 Å². The average molecular weight is 1050 g/mol. The van der Waals surface area contributed by atoms with E-state index in [1.807, 2.05) is 152 Å². The molecule has 7 aromatic rings. The Kier molecular flexibility index (Phi) is 15.3. The summed E-state index contributed by atoms with van der Waals surface area (Å²) >= 11 is 3.60. The molecular formula is C53H48N8O8S4. The van der Waals surface area contributed by atoms with E-state index in [0.29, 0.717) is 43.0 Å². The van der Waals surface area contributed by atoms with Crippen LogP contribution in [-0.2, 0) is 52.1 Å². The van der Waals surface area contributed by atoms with Crippen molar-refractivity contribution in [3.05, 3.63) is 207 Å². The Bertz CT molecular complexity index is 3050. The number of fused-ring (bicyclic) bond motifs is 1. The van der Waals surface area contributed by atoms with Gasteiger partial charge in [0.15, 0.2) is 22.1 Å². The second-order valence-electron chi connectivity index (χ2n) is 17.6. The molecule has 0 saturated carbocycles. The van der Waals surface area contributed by atoms with Crippen LogP contribution < -0.4 is 10.6 Å². The van der Waals surface area contributed by atoms with E-state index in [2.05, 4.69) is 31.0 Å². The highest BCUT2D eigenvalue weighted by Gasteiger charge is 2.58. The summed E-state index contributed by atoms with van der Waals surface area (Å²) in [4.78, 5) is 70.2. The van der Waals surface area contributed by atoms with Crippen molar-refractivity contribution in [3.63, 3.8) is 0 Å². The summed E-state index contributed by atoms with van der Waals surface area (Å²) in [7, 11) is -0.0339. The Balaban J connectivity index is 1.07. The first-order valence-corrected chi connectivity index (χ1v) is 27.1. The molecular weight excluding hydrogens is 1000 g/mol. The third-order valence-corrected chi connectivity index (χ3v) is 16.3. The van der Waals surface area contributed by atoms with Gasteiger partial charge < -0.3 is 24.2 Å². The molecule has 5 aromatic carbocycles. The van der Waals surface area contributed by atoms with Crippen molar-refractivity contribution in [2.75, 3.05) is 16.2 Å². The third kappa shape index (κ3) is 11.2. The fourth-order valence-corrected chi connectivity index (χ4v) is 12.9. The molecule has 2 unspecified atom stereocenters. The molecule has 3 atom stereocenters. The van der Waals surface area contributed by atoms with Gasteiger partial charge in [-0.3, -0.25) is 24.0 Å². The van der Waals surface area contributed by atoms with Crippen LogP contribution in [0.2, 0.25) is 0 Å². The smallest absolute Gasteiger partial charge is 0.413 e. The highest BCUT2D eigenvalue weighted by atomic mass is 32.2. The lowest BCUT2D eigenvalue weighted by molar-refractivity contribution is -0.154. The Morgan fingerprint density at radius 2 is 1.37 bits per heavy atom. The van der Waals surface area contributed by atoms with Crippen LogP contribution in [0.25, 0.3) is 0 Å². The molecule has 2 N–H and O–H groups in total. The van der Waals surface area contributed by atoms with Gasteiger partial charge in [0, 0.05) is 34.0 Å². The van der Waals surface area contributed by atoms with Gasteiger partial charge in [-0.1, -0.05) is 169 Å². The van der Waals surface area contributed by atoms with E-state index in [4.69, 9.17) is 14.3 Å². The Morgan fingerprint density at radius 1 is 0.822 bits per heavy atom. The monoisotopic (exact) mass is 1050 g/mol. The van der Waals surface area contributed by atoms with Gasteiger partial charge in [0.25, 0.3) is 11.8 Å². The third-order valence-electron chi connectivity index (χ3n) is 11.5. The first-order valence-electron chi connectivity index (χ1n) is 22.8. The Hall–Kier alpha value is -7.39. The highest BCUT2D eigenvalue weighted by molar-refractivity contribution is 8.18. The number of nitrogens with zero attached hydrogens (tertiary/aromatic N) is 6. The molecule has 73 heavy (non-hydrogen) atoms. The lowest BCUT2D eigenvalue weighted by Crippen LogP contribution is -2.74. The molecule has 372 valence electrons. The quantitative estimate of drug-likeness (QED) is 0.0167. The molecule has 9 rings (SSSR count). The van der Waals surface area contributed by atoms with Crippen molar-refractivity contribution in [1.82, 2.24) is 30.0 Å². The number of hydrogen-bond acceptors (Lipinski definition) is 15. The minimum atomic E-state index is -1.84. The summed E-state index contributed by atoms with van der Waals surface area (Å²) in [6.45, 7) is 5.17. The number of ether oxygens (including phenoxy) is 2. The van der Waals surface area contributed by atoms with Crippen LogP contribution in [0.3, 0.4) is 0 Å². The number of thioether (sulfide) groups is 2. The van der Waals surface area contributed by atoms with Gasteiger partial charge in [-0.2, -0.15) is 0 Å². The minimum Gasteiger partial charge on any atom is -0.448 e. The standard InChI is InChI=1S/C53H48N8O8S4/c1-52(2,3)68-51(65)57-49-55-39(30-70-49)41(59-69-53(36-24-14-7-15-25-36,37-26-16-8-17-27-37)38-28-18-9-19-29-38)45(62)56-42-46(63)61-43(40(31-73(66)47(42)61)71-33-72-50-58-54-32-60(50)4)48(64)67-44(34-20-10-5-11-21-34)35-22-12-6-13-23-35/h5-30,32,42,44,47H,31,33H2,1-4H3,(H,56,62)(H,55,57,65)/b59-41-/t42?,47-,73?/m0/s1. The molecule has 4 heterocycles. The van der Waals surface area contributed by atoms with Crippen molar-refractivity contribution >= 4 is 80.4 Å². The number of β-lactam (4-membered cyclic amide) rings is 1. The number of thiazole rings is 1. The number of aromatic nitrogens is 4. The molecule has 2 aromatic heterocycles. The number of benzene rings is 5. The van der Waals surface area contributed by atoms with Crippen LogP contribution in [0.15, 0.2) is 184 Å². The number of amides is 3. The summed E-state index contributed by atoms with van der Waals surface area (Å²) in [5.74, 6) is -2.55. The van der Waals surface area contributed by atoms with E-state index in [1.54, 1.807) is 38.7 Å². The van der Waals surface area contributed by atoms with Gasteiger partial charge >= 0.3 is 12.1 Å². The summed E-state index contributed by atoms with van der Waals surface area (Å²) in [6.07, 6.45) is -0.0611. The van der Waals surface area contributed by atoms with Crippen LogP contribution in [0, 0.1) is 0 Å². The maximum Gasteiger partial charge on any atom is 0.413 e. The number of anilines is 1. The number of aryl methyl sites for hydroxylation is 1. The second-order valence-corrected chi connectivity index (χ2v) is 22.3. The maximum absolute atomic E-state index is 15.0. The van der Waals surface area contributed by atoms with Crippen LogP contribution in [0.4, 0.5) is 9.93 Å². The molecule has 0 bridgehead atoms. The number of hydrogen-bond donors (Lipinski definition) is 2. The molecule has 16 nitrogen and oxygen atoms in total. The lowest BCUT2D eigenvalue weighted by Gasteiger charge is -2.49. The first-order chi connectivity index (χ1) is 35.3. The summed E-state index contributed by atoms with van der Waals surface area (Å²) in [5, 5.41) is 19.5. The summed E-state index contributed by atoms with van der Waals surface area (Å²) in [6, 6.07) is 45.2.